The number of rotatable bonds is 6. The highest BCUT2D eigenvalue weighted by atomic mass is 35.5. The van der Waals surface area contributed by atoms with Crippen molar-refractivity contribution in [3.05, 3.63) is 70.7 Å². The van der Waals surface area contributed by atoms with Crippen molar-refractivity contribution in [2.45, 2.75) is 0 Å². The van der Waals surface area contributed by atoms with Crippen molar-refractivity contribution < 1.29 is 4.79 Å². The number of piperazine rings is 1. The highest BCUT2D eigenvalue weighted by Crippen LogP contribution is 2.30. The first-order valence-electron chi connectivity index (χ1n) is 11.1. The van der Waals surface area contributed by atoms with Crippen LogP contribution in [0.1, 0.15) is 10.4 Å². The summed E-state index contributed by atoms with van der Waals surface area (Å²) in [5, 5.41) is 6.03. The summed E-state index contributed by atoms with van der Waals surface area (Å²) >= 11 is 7.57. The van der Waals surface area contributed by atoms with Crippen LogP contribution in [0.3, 0.4) is 0 Å². The Hall–Kier alpha value is -3.60. The van der Waals surface area contributed by atoms with Crippen molar-refractivity contribution in [1.82, 2.24) is 24.8 Å². The van der Waals surface area contributed by atoms with Gasteiger partial charge >= 0.3 is 0 Å². The molecule has 0 saturated carbocycles. The van der Waals surface area contributed by atoms with Crippen LogP contribution < -0.4 is 15.5 Å². The van der Waals surface area contributed by atoms with Crippen molar-refractivity contribution in [2.24, 2.45) is 0 Å². The first kappa shape index (κ1) is 23.2. The van der Waals surface area contributed by atoms with Crippen LogP contribution in [-0.2, 0) is 0 Å². The lowest BCUT2D eigenvalue weighted by Crippen LogP contribution is -2.45. The van der Waals surface area contributed by atoms with Crippen LogP contribution in [0.2, 0.25) is 4.34 Å². The summed E-state index contributed by atoms with van der Waals surface area (Å²) in [5.41, 5.74) is 1.18. The second kappa shape index (κ2) is 10.3. The smallest absolute Gasteiger partial charge is 0.255 e. The van der Waals surface area contributed by atoms with Crippen molar-refractivity contribution in [2.75, 3.05) is 48.8 Å². The molecule has 1 aromatic carbocycles. The molecule has 1 saturated heterocycles. The number of para-hydroxylation sites is 1. The summed E-state index contributed by atoms with van der Waals surface area (Å²) in [6.07, 6.45) is 1.57. The van der Waals surface area contributed by atoms with Crippen molar-refractivity contribution in [3.8, 4) is 10.7 Å². The van der Waals surface area contributed by atoms with Crippen molar-refractivity contribution in [3.63, 3.8) is 0 Å². The number of carbonyl (C=O) groups is 1. The van der Waals surface area contributed by atoms with Gasteiger partial charge in [0.1, 0.15) is 5.82 Å². The zero-order chi connectivity index (χ0) is 24.2. The second-order valence-electron chi connectivity index (χ2n) is 8.05. The molecule has 9 nitrogen and oxygen atoms in total. The number of nitrogens with zero attached hydrogens (tertiary/aromatic N) is 6. The maximum Gasteiger partial charge on any atom is 0.255 e. The highest BCUT2D eigenvalue weighted by molar-refractivity contribution is 7.19. The minimum Gasteiger partial charge on any atom is -0.338 e. The average molecular weight is 507 g/mol. The number of benzene rings is 1. The predicted molar refractivity (Wildman–Crippen MR) is 140 cm³/mol. The third-order valence-electron chi connectivity index (χ3n) is 5.50. The average Bonchev–Trinajstić information content (AvgIpc) is 3.31. The minimum absolute atomic E-state index is 0.232. The number of aromatic nitrogens is 4. The SMILES string of the molecule is CN1CCN(c2nc(Nc3cc(C(=O)Nc4ccccc4)ccn3)nc(-c3ccc(Cl)s3)n2)CC1. The van der Waals surface area contributed by atoms with Crippen molar-refractivity contribution >= 4 is 52.2 Å². The first-order valence-corrected chi connectivity index (χ1v) is 12.3. The molecule has 178 valence electrons. The molecule has 2 N–H and O–H groups in total. The number of anilines is 4. The van der Waals surface area contributed by atoms with Gasteiger partial charge in [0.15, 0.2) is 5.82 Å². The lowest BCUT2D eigenvalue weighted by Gasteiger charge is -2.32. The highest BCUT2D eigenvalue weighted by Gasteiger charge is 2.20. The lowest BCUT2D eigenvalue weighted by molar-refractivity contribution is 0.102. The fourth-order valence-corrected chi connectivity index (χ4v) is 4.57. The molecule has 1 amide bonds. The Bertz CT molecular complexity index is 1320. The number of amides is 1. The number of pyridine rings is 1. The fourth-order valence-electron chi connectivity index (χ4n) is 3.59. The summed E-state index contributed by atoms with van der Waals surface area (Å²) in [6.45, 7) is 3.49. The lowest BCUT2D eigenvalue weighted by atomic mass is 10.2. The normalized spacial score (nSPS) is 14.1. The number of nitrogens with one attached hydrogen (secondary N) is 2. The van der Waals surface area contributed by atoms with E-state index in [1.165, 1.54) is 11.3 Å². The third-order valence-corrected chi connectivity index (χ3v) is 6.72. The number of carbonyl (C=O) groups excluding carboxylic acids is 1. The van der Waals surface area contributed by atoms with Gasteiger partial charge in [-0.2, -0.15) is 15.0 Å². The topological polar surface area (TPSA) is 99.2 Å². The molecule has 4 heterocycles. The van der Waals surface area contributed by atoms with Gasteiger partial charge in [0.05, 0.1) is 9.21 Å². The standard InChI is InChI=1S/C24H23ClN8OS/c1-32-11-13-33(14-12-32)24-30-21(18-7-8-19(25)35-18)29-23(31-24)28-20-15-16(9-10-26-20)22(34)27-17-5-3-2-4-6-17/h2-10,15H,11-14H2,1H3,(H,27,34)(H,26,28,29,30,31). The van der Waals surface area contributed by atoms with Crippen LogP contribution in [0.5, 0.6) is 0 Å². The van der Waals surface area contributed by atoms with Crippen LogP contribution in [0.4, 0.5) is 23.4 Å². The molecule has 1 aliphatic heterocycles. The van der Waals surface area contributed by atoms with E-state index in [-0.39, 0.29) is 5.91 Å². The molecule has 5 rings (SSSR count). The summed E-state index contributed by atoms with van der Waals surface area (Å²) in [7, 11) is 2.10. The summed E-state index contributed by atoms with van der Waals surface area (Å²) < 4.78 is 0.662. The first-order chi connectivity index (χ1) is 17.0. The van der Waals surface area contributed by atoms with E-state index in [1.54, 1.807) is 18.3 Å². The van der Waals surface area contributed by atoms with Gasteiger partial charge in [0.25, 0.3) is 5.91 Å². The fraction of sp³-hybridized carbons (Fsp3) is 0.208. The molecule has 3 aromatic heterocycles. The van der Waals surface area contributed by atoms with Gasteiger partial charge in [-0.25, -0.2) is 4.98 Å². The van der Waals surface area contributed by atoms with Gasteiger partial charge in [-0.05, 0) is 43.4 Å². The Balaban J connectivity index is 1.41. The van der Waals surface area contributed by atoms with E-state index in [0.29, 0.717) is 33.4 Å². The number of likely N-dealkylation sites (N-methyl/N-ethyl adjacent to an activating group) is 1. The number of thiophene rings is 1. The minimum atomic E-state index is -0.232. The monoisotopic (exact) mass is 506 g/mol. The van der Waals surface area contributed by atoms with Crippen molar-refractivity contribution in [1.29, 1.82) is 0 Å². The molecule has 35 heavy (non-hydrogen) atoms. The Morgan fingerprint density at radius 3 is 2.54 bits per heavy atom. The Morgan fingerprint density at radius 2 is 1.80 bits per heavy atom. The molecule has 11 heteroatoms. The molecule has 0 atom stereocenters. The maximum atomic E-state index is 12.7. The van der Waals surface area contributed by atoms with Gasteiger partial charge < -0.3 is 20.4 Å². The molecule has 0 radical (unpaired) electrons. The molecule has 1 aliphatic rings. The number of hydrogen-bond acceptors (Lipinski definition) is 9. The summed E-state index contributed by atoms with van der Waals surface area (Å²) in [6, 6.07) is 16.3. The van der Waals surface area contributed by atoms with E-state index >= 15 is 0 Å². The molecule has 4 aromatic rings. The Labute approximate surface area is 211 Å². The van der Waals surface area contributed by atoms with Gasteiger partial charge in [-0.15, -0.1) is 11.3 Å². The Morgan fingerprint density at radius 1 is 1.00 bits per heavy atom. The Kier molecular flexibility index (Phi) is 6.84. The molecule has 0 aliphatic carbocycles. The van der Waals surface area contributed by atoms with Crippen LogP contribution in [0.25, 0.3) is 10.7 Å². The van der Waals surface area contributed by atoms with Crippen LogP contribution in [0.15, 0.2) is 60.8 Å². The van der Waals surface area contributed by atoms with Crippen LogP contribution in [0, 0.1) is 0 Å². The van der Waals surface area contributed by atoms with E-state index in [0.717, 1.165) is 36.7 Å². The third kappa shape index (κ3) is 5.73. The molecule has 0 spiro atoms. The van der Waals surface area contributed by atoms with Gasteiger partial charge in [0, 0.05) is 43.6 Å². The zero-order valence-corrected chi connectivity index (χ0v) is 20.6. The van der Waals surface area contributed by atoms with E-state index in [2.05, 4.69) is 42.4 Å². The van der Waals surface area contributed by atoms with Gasteiger partial charge in [0.2, 0.25) is 11.9 Å². The number of hydrogen-bond donors (Lipinski definition) is 2. The van der Waals surface area contributed by atoms with Gasteiger partial charge in [-0.1, -0.05) is 29.8 Å². The predicted octanol–water partition coefficient (Wildman–Crippen LogP) is 4.40. The second-order valence-corrected chi connectivity index (χ2v) is 9.77. The maximum absolute atomic E-state index is 12.7. The zero-order valence-electron chi connectivity index (χ0n) is 19.0. The van der Waals surface area contributed by atoms with Crippen LogP contribution in [-0.4, -0.2) is 64.0 Å². The molecule has 1 fully saturated rings. The summed E-state index contributed by atoms with van der Waals surface area (Å²) in [4.78, 5) is 36.3. The largest absolute Gasteiger partial charge is 0.338 e. The quantitative estimate of drug-likeness (QED) is 0.397. The van der Waals surface area contributed by atoms with E-state index in [9.17, 15) is 4.79 Å². The van der Waals surface area contributed by atoms with Gasteiger partial charge in [-0.3, -0.25) is 4.79 Å². The molecule has 0 unspecified atom stereocenters. The molecular formula is C24H23ClN8OS. The number of halogens is 1. The molecule has 0 bridgehead atoms. The van der Waals surface area contributed by atoms with Crippen LogP contribution >= 0.6 is 22.9 Å². The summed E-state index contributed by atoms with van der Waals surface area (Å²) in [5.74, 6) is 1.70. The van der Waals surface area contributed by atoms with E-state index in [4.69, 9.17) is 16.6 Å². The van der Waals surface area contributed by atoms with E-state index in [1.807, 2.05) is 42.5 Å². The van der Waals surface area contributed by atoms with E-state index < -0.39 is 0 Å². The molecular weight excluding hydrogens is 484 g/mol.